The molecule has 0 heterocycles. The Bertz CT molecular complexity index is 800. The van der Waals surface area contributed by atoms with Crippen molar-refractivity contribution in [2.75, 3.05) is 25.0 Å². The number of carbonyl (C=O) groups is 2. The number of alkyl halides is 2. The SMILES string of the molecule is CCCN(CC(=O)Nc1ccccc1C(=O)NC(C)c1ccccc1)CC(F)F. The molecule has 2 N–H and O–H groups in total. The predicted octanol–water partition coefficient (Wildman–Crippen LogP) is 4.09. The van der Waals surface area contributed by atoms with Gasteiger partial charge in [0.25, 0.3) is 12.3 Å². The number of hydrogen-bond donors (Lipinski definition) is 2. The van der Waals surface area contributed by atoms with Crippen LogP contribution in [0.25, 0.3) is 0 Å². The van der Waals surface area contributed by atoms with Gasteiger partial charge in [-0.3, -0.25) is 14.5 Å². The zero-order chi connectivity index (χ0) is 21.2. The maximum atomic E-state index is 12.7. The Morgan fingerprint density at radius 1 is 1.03 bits per heavy atom. The van der Waals surface area contributed by atoms with Gasteiger partial charge in [0.05, 0.1) is 30.4 Å². The average Bonchev–Trinajstić information content (AvgIpc) is 2.68. The standard InChI is InChI=1S/C22H27F2N3O2/c1-3-13-27(14-20(23)24)15-21(28)26-19-12-8-7-11-18(19)22(29)25-16(2)17-9-5-4-6-10-17/h4-12,16,20H,3,13-15H2,1-2H3,(H,25,29)(H,26,28). The highest BCUT2D eigenvalue weighted by Crippen LogP contribution is 2.18. The molecule has 1 atom stereocenters. The lowest BCUT2D eigenvalue weighted by molar-refractivity contribution is -0.117. The molecule has 0 aromatic heterocycles. The summed E-state index contributed by atoms with van der Waals surface area (Å²) in [7, 11) is 0. The molecule has 0 fully saturated rings. The van der Waals surface area contributed by atoms with Gasteiger partial charge in [-0.25, -0.2) is 8.78 Å². The molecule has 5 nitrogen and oxygen atoms in total. The van der Waals surface area contributed by atoms with Gasteiger partial charge >= 0.3 is 0 Å². The van der Waals surface area contributed by atoms with Crippen molar-refractivity contribution < 1.29 is 18.4 Å². The Kier molecular flexibility index (Phi) is 8.73. The van der Waals surface area contributed by atoms with E-state index < -0.39 is 18.9 Å². The van der Waals surface area contributed by atoms with Crippen molar-refractivity contribution in [1.29, 1.82) is 0 Å². The third kappa shape index (κ3) is 7.27. The zero-order valence-corrected chi connectivity index (χ0v) is 16.7. The smallest absolute Gasteiger partial charge is 0.253 e. The maximum Gasteiger partial charge on any atom is 0.253 e. The van der Waals surface area contributed by atoms with Crippen LogP contribution >= 0.6 is 0 Å². The highest BCUT2D eigenvalue weighted by Gasteiger charge is 2.18. The fraction of sp³-hybridized carbons (Fsp3) is 0.364. The lowest BCUT2D eigenvalue weighted by Crippen LogP contribution is -2.37. The summed E-state index contributed by atoms with van der Waals surface area (Å²) >= 11 is 0. The van der Waals surface area contributed by atoms with Crippen LogP contribution in [0.15, 0.2) is 54.6 Å². The summed E-state index contributed by atoms with van der Waals surface area (Å²) < 4.78 is 25.4. The monoisotopic (exact) mass is 403 g/mol. The third-order valence-corrected chi connectivity index (χ3v) is 4.40. The van der Waals surface area contributed by atoms with Gasteiger partial charge in [0.15, 0.2) is 0 Å². The predicted molar refractivity (Wildman–Crippen MR) is 110 cm³/mol. The summed E-state index contributed by atoms with van der Waals surface area (Å²) in [5.74, 6) is -0.759. The van der Waals surface area contributed by atoms with Gasteiger partial charge in [-0.2, -0.15) is 0 Å². The van der Waals surface area contributed by atoms with Crippen LogP contribution in [0, 0.1) is 0 Å². The summed E-state index contributed by atoms with van der Waals surface area (Å²) in [5, 5.41) is 5.59. The van der Waals surface area contributed by atoms with E-state index in [2.05, 4.69) is 10.6 Å². The van der Waals surface area contributed by atoms with E-state index in [0.29, 0.717) is 24.2 Å². The van der Waals surface area contributed by atoms with Crippen molar-refractivity contribution in [2.24, 2.45) is 0 Å². The number of nitrogens with zero attached hydrogens (tertiary/aromatic N) is 1. The number of amides is 2. The second-order valence-corrected chi connectivity index (χ2v) is 6.83. The Balaban J connectivity index is 2.05. The molecule has 0 spiro atoms. The number of para-hydroxylation sites is 1. The fourth-order valence-corrected chi connectivity index (χ4v) is 3.03. The van der Waals surface area contributed by atoms with Crippen molar-refractivity contribution in [3.8, 4) is 0 Å². The van der Waals surface area contributed by atoms with Crippen molar-refractivity contribution >= 4 is 17.5 Å². The van der Waals surface area contributed by atoms with Gasteiger partial charge in [-0.1, -0.05) is 49.4 Å². The van der Waals surface area contributed by atoms with E-state index in [1.807, 2.05) is 44.2 Å². The summed E-state index contributed by atoms with van der Waals surface area (Å²) in [6.07, 6.45) is -1.84. The number of benzene rings is 2. The summed E-state index contributed by atoms with van der Waals surface area (Å²) in [5.41, 5.74) is 1.63. The minimum Gasteiger partial charge on any atom is -0.345 e. The first kappa shape index (κ1) is 22.5. The molecule has 2 rings (SSSR count). The van der Waals surface area contributed by atoms with Gasteiger partial charge in [-0.15, -0.1) is 0 Å². The van der Waals surface area contributed by atoms with Gasteiger partial charge in [0.2, 0.25) is 5.91 Å². The van der Waals surface area contributed by atoms with Crippen LogP contribution in [0.1, 0.15) is 42.2 Å². The van der Waals surface area contributed by atoms with Crippen LogP contribution in [0.5, 0.6) is 0 Å². The van der Waals surface area contributed by atoms with E-state index >= 15 is 0 Å². The van der Waals surface area contributed by atoms with Crippen LogP contribution in [-0.2, 0) is 4.79 Å². The first-order valence-electron chi connectivity index (χ1n) is 9.66. The van der Waals surface area contributed by atoms with Crippen LogP contribution in [0.4, 0.5) is 14.5 Å². The normalized spacial score (nSPS) is 12.1. The lowest BCUT2D eigenvalue weighted by atomic mass is 10.1. The Morgan fingerprint density at radius 2 is 1.69 bits per heavy atom. The molecular weight excluding hydrogens is 376 g/mol. The minimum atomic E-state index is -2.51. The molecule has 156 valence electrons. The average molecular weight is 403 g/mol. The number of nitrogens with one attached hydrogen (secondary N) is 2. The second kappa shape index (κ2) is 11.3. The van der Waals surface area contributed by atoms with Gasteiger partial charge < -0.3 is 10.6 Å². The molecular formula is C22H27F2N3O2. The molecule has 0 saturated heterocycles. The van der Waals surface area contributed by atoms with Gasteiger partial charge in [0, 0.05) is 0 Å². The number of hydrogen-bond acceptors (Lipinski definition) is 3. The molecule has 2 aromatic rings. The highest BCUT2D eigenvalue weighted by atomic mass is 19.3. The minimum absolute atomic E-state index is 0.158. The molecule has 1 unspecified atom stereocenters. The van der Waals surface area contributed by atoms with E-state index in [0.717, 1.165) is 5.56 Å². The molecule has 0 saturated carbocycles. The lowest BCUT2D eigenvalue weighted by Gasteiger charge is -2.21. The van der Waals surface area contributed by atoms with Crippen molar-refractivity contribution in [3.63, 3.8) is 0 Å². The largest absolute Gasteiger partial charge is 0.345 e. The highest BCUT2D eigenvalue weighted by molar-refractivity contribution is 6.04. The molecule has 2 amide bonds. The first-order chi connectivity index (χ1) is 13.9. The van der Waals surface area contributed by atoms with Crippen LogP contribution in [0.2, 0.25) is 0 Å². The van der Waals surface area contributed by atoms with Crippen molar-refractivity contribution in [2.45, 2.75) is 32.7 Å². The molecule has 29 heavy (non-hydrogen) atoms. The summed E-state index contributed by atoms with van der Waals surface area (Å²) in [6, 6.07) is 16.0. The molecule has 0 aliphatic rings. The number of rotatable bonds is 10. The molecule has 0 bridgehead atoms. The Morgan fingerprint density at radius 3 is 2.34 bits per heavy atom. The van der Waals surface area contributed by atoms with Crippen molar-refractivity contribution in [3.05, 3.63) is 65.7 Å². The van der Waals surface area contributed by atoms with E-state index in [9.17, 15) is 18.4 Å². The molecule has 0 aliphatic carbocycles. The summed E-state index contributed by atoms with van der Waals surface area (Å²) in [6.45, 7) is 3.52. The molecule has 2 aromatic carbocycles. The first-order valence-corrected chi connectivity index (χ1v) is 9.66. The molecule has 0 radical (unpaired) electrons. The topological polar surface area (TPSA) is 61.4 Å². The van der Waals surface area contributed by atoms with Crippen LogP contribution in [-0.4, -0.2) is 42.8 Å². The van der Waals surface area contributed by atoms with Gasteiger partial charge in [-0.05, 0) is 37.6 Å². The number of carbonyl (C=O) groups excluding carboxylic acids is 2. The quantitative estimate of drug-likeness (QED) is 0.628. The maximum absolute atomic E-state index is 12.7. The van der Waals surface area contributed by atoms with E-state index in [1.54, 1.807) is 24.3 Å². The second-order valence-electron chi connectivity index (χ2n) is 6.83. The number of halogens is 2. The van der Waals surface area contributed by atoms with E-state index in [-0.39, 0.29) is 18.5 Å². The third-order valence-electron chi connectivity index (χ3n) is 4.40. The zero-order valence-electron chi connectivity index (χ0n) is 16.7. The Labute approximate surface area is 170 Å². The van der Waals surface area contributed by atoms with Crippen LogP contribution < -0.4 is 10.6 Å². The van der Waals surface area contributed by atoms with Gasteiger partial charge in [0.1, 0.15) is 0 Å². The van der Waals surface area contributed by atoms with E-state index in [4.69, 9.17) is 0 Å². The molecule has 7 heteroatoms. The summed E-state index contributed by atoms with van der Waals surface area (Å²) in [4.78, 5) is 26.5. The van der Waals surface area contributed by atoms with E-state index in [1.165, 1.54) is 4.90 Å². The van der Waals surface area contributed by atoms with Crippen molar-refractivity contribution in [1.82, 2.24) is 10.2 Å². The number of anilines is 1. The van der Waals surface area contributed by atoms with Crippen LogP contribution in [0.3, 0.4) is 0 Å². The fourth-order valence-electron chi connectivity index (χ4n) is 3.03. The Hall–Kier alpha value is -2.80. The molecule has 0 aliphatic heterocycles.